The second kappa shape index (κ2) is 6.24. The Kier molecular flexibility index (Phi) is 4.65. The van der Waals surface area contributed by atoms with Crippen LogP contribution in [-0.2, 0) is 4.74 Å². The highest BCUT2D eigenvalue weighted by molar-refractivity contribution is 5.26. The van der Waals surface area contributed by atoms with Gasteiger partial charge in [-0.3, -0.25) is 0 Å². The molecule has 0 aromatic heterocycles. The first-order valence-electron chi connectivity index (χ1n) is 6.95. The van der Waals surface area contributed by atoms with E-state index in [2.05, 4.69) is 26.0 Å². The fraction of sp³-hybridized carbons (Fsp3) is 0.625. The number of ether oxygens (including phenoxy) is 2. The molecule has 1 aliphatic rings. The Balaban J connectivity index is 1.52. The third-order valence-corrected chi connectivity index (χ3v) is 3.62. The number of hydrogen-bond acceptors (Lipinski definition) is 2. The molecule has 1 aliphatic heterocycles. The van der Waals surface area contributed by atoms with E-state index in [0.29, 0.717) is 5.41 Å². The van der Waals surface area contributed by atoms with Gasteiger partial charge in [-0.25, -0.2) is 0 Å². The van der Waals surface area contributed by atoms with E-state index in [1.807, 2.05) is 12.1 Å². The number of aryl methyl sites for hydroxylation is 1. The van der Waals surface area contributed by atoms with Crippen LogP contribution in [0.4, 0.5) is 0 Å². The van der Waals surface area contributed by atoms with Gasteiger partial charge in [0.15, 0.2) is 0 Å². The Morgan fingerprint density at radius 3 is 2.44 bits per heavy atom. The second-order valence-electron chi connectivity index (χ2n) is 5.78. The van der Waals surface area contributed by atoms with Crippen molar-refractivity contribution in [2.45, 2.75) is 39.5 Å². The lowest BCUT2D eigenvalue weighted by molar-refractivity contribution is -0.106. The molecule has 2 nitrogen and oxygen atoms in total. The first-order chi connectivity index (χ1) is 8.68. The van der Waals surface area contributed by atoms with E-state index >= 15 is 0 Å². The van der Waals surface area contributed by atoms with Crippen LogP contribution in [0.1, 0.15) is 38.2 Å². The van der Waals surface area contributed by atoms with Crippen molar-refractivity contribution in [1.82, 2.24) is 0 Å². The highest BCUT2D eigenvalue weighted by atomic mass is 16.5. The van der Waals surface area contributed by atoms with Gasteiger partial charge in [-0.2, -0.15) is 0 Å². The maximum absolute atomic E-state index is 5.71. The predicted octanol–water partition coefficient (Wildman–Crippen LogP) is 3.97. The molecule has 2 rings (SSSR count). The van der Waals surface area contributed by atoms with Crippen molar-refractivity contribution in [2.75, 3.05) is 19.8 Å². The van der Waals surface area contributed by atoms with E-state index in [-0.39, 0.29) is 0 Å². The lowest BCUT2D eigenvalue weighted by Crippen LogP contribution is -2.39. The van der Waals surface area contributed by atoms with Crippen LogP contribution >= 0.6 is 0 Å². The Morgan fingerprint density at radius 1 is 1.11 bits per heavy atom. The van der Waals surface area contributed by atoms with Crippen molar-refractivity contribution in [1.29, 1.82) is 0 Å². The second-order valence-corrected chi connectivity index (χ2v) is 5.78. The molecule has 18 heavy (non-hydrogen) atoms. The van der Waals surface area contributed by atoms with Gasteiger partial charge >= 0.3 is 0 Å². The van der Waals surface area contributed by atoms with Crippen molar-refractivity contribution in [3.63, 3.8) is 0 Å². The maximum atomic E-state index is 5.71. The Bertz CT molecular complexity index is 352. The van der Waals surface area contributed by atoms with Crippen LogP contribution < -0.4 is 4.74 Å². The fourth-order valence-corrected chi connectivity index (χ4v) is 2.25. The zero-order chi connectivity index (χ0) is 12.8. The van der Waals surface area contributed by atoms with Crippen LogP contribution in [0.25, 0.3) is 0 Å². The summed E-state index contributed by atoms with van der Waals surface area (Å²) in [6.07, 6.45) is 4.97. The molecule has 0 N–H and O–H groups in total. The number of unbranched alkanes of at least 4 members (excludes halogenated alkanes) is 2. The molecule has 2 heteroatoms. The SMILES string of the molecule is Cc1ccc(OCCCCCC2(C)COC2)cc1. The van der Waals surface area contributed by atoms with Gasteiger partial charge in [0.2, 0.25) is 0 Å². The number of benzene rings is 1. The molecule has 0 spiro atoms. The lowest BCUT2D eigenvalue weighted by Gasteiger charge is -2.38. The molecule has 1 saturated heterocycles. The topological polar surface area (TPSA) is 18.5 Å². The number of hydrogen-bond donors (Lipinski definition) is 0. The minimum atomic E-state index is 0.470. The first kappa shape index (κ1) is 13.4. The summed E-state index contributed by atoms with van der Waals surface area (Å²) < 4.78 is 11.0. The van der Waals surface area contributed by atoms with Crippen LogP contribution in [0, 0.1) is 12.3 Å². The summed E-state index contributed by atoms with van der Waals surface area (Å²) in [4.78, 5) is 0. The van der Waals surface area contributed by atoms with Crippen LogP contribution in [0.3, 0.4) is 0 Å². The van der Waals surface area contributed by atoms with Crippen LogP contribution in [0.15, 0.2) is 24.3 Å². The standard InChI is InChI=1S/C16H24O2/c1-14-6-8-15(9-7-14)18-11-5-3-4-10-16(2)12-17-13-16/h6-9H,3-5,10-13H2,1-2H3. The van der Waals surface area contributed by atoms with Crippen molar-refractivity contribution in [3.05, 3.63) is 29.8 Å². The van der Waals surface area contributed by atoms with Crippen molar-refractivity contribution in [2.24, 2.45) is 5.41 Å². The van der Waals surface area contributed by atoms with Gasteiger partial charge in [-0.1, -0.05) is 37.5 Å². The van der Waals surface area contributed by atoms with Crippen LogP contribution in [-0.4, -0.2) is 19.8 Å². The molecule has 100 valence electrons. The largest absolute Gasteiger partial charge is 0.494 e. The highest BCUT2D eigenvalue weighted by Gasteiger charge is 2.32. The molecule has 0 radical (unpaired) electrons. The molecule has 0 amide bonds. The van der Waals surface area contributed by atoms with Gasteiger partial charge in [0.25, 0.3) is 0 Å². The van der Waals surface area contributed by atoms with E-state index in [1.165, 1.54) is 24.8 Å². The van der Waals surface area contributed by atoms with Crippen molar-refractivity contribution >= 4 is 0 Å². The van der Waals surface area contributed by atoms with Crippen LogP contribution in [0.5, 0.6) is 5.75 Å². The Hall–Kier alpha value is -1.02. The van der Waals surface area contributed by atoms with E-state index in [9.17, 15) is 0 Å². The summed E-state index contributed by atoms with van der Waals surface area (Å²) in [6, 6.07) is 8.27. The minimum absolute atomic E-state index is 0.470. The molecule has 0 unspecified atom stereocenters. The molecule has 0 bridgehead atoms. The first-order valence-corrected chi connectivity index (χ1v) is 6.95. The zero-order valence-electron chi connectivity index (χ0n) is 11.6. The summed E-state index contributed by atoms with van der Waals surface area (Å²) in [5, 5.41) is 0. The van der Waals surface area contributed by atoms with Gasteiger partial charge in [0, 0.05) is 5.41 Å². The number of rotatable bonds is 7. The maximum Gasteiger partial charge on any atom is 0.119 e. The predicted molar refractivity (Wildman–Crippen MR) is 74.1 cm³/mol. The molecule has 1 heterocycles. The highest BCUT2D eigenvalue weighted by Crippen LogP contribution is 2.32. The van der Waals surface area contributed by atoms with Crippen LogP contribution in [0.2, 0.25) is 0 Å². The summed E-state index contributed by atoms with van der Waals surface area (Å²) in [5.74, 6) is 0.986. The van der Waals surface area contributed by atoms with Gasteiger partial charge in [0.05, 0.1) is 19.8 Å². The Morgan fingerprint density at radius 2 is 1.83 bits per heavy atom. The summed E-state index contributed by atoms with van der Waals surface area (Å²) >= 11 is 0. The average Bonchev–Trinajstić information content (AvgIpc) is 2.33. The third kappa shape index (κ3) is 4.02. The molecular formula is C16H24O2. The van der Waals surface area contributed by atoms with Gasteiger partial charge in [-0.15, -0.1) is 0 Å². The summed E-state index contributed by atoms with van der Waals surface area (Å²) in [5.41, 5.74) is 1.75. The monoisotopic (exact) mass is 248 g/mol. The normalized spacial score (nSPS) is 17.2. The van der Waals surface area contributed by atoms with E-state index in [4.69, 9.17) is 9.47 Å². The molecule has 1 aromatic carbocycles. The molecule has 1 fully saturated rings. The van der Waals surface area contributed by atoms with E-state index < -0.39 is 0 Å². The zero-order valence-corrected chi connectivity index (χ0v) is 11.6. The summed E-state index contributed by atoms with van der Waals surface area (Å²) in [6.45, 7) is 7.14. The van der Waals surface area contributed by atoms with Gasteiger partial charge < -0.3 is 9.47 Å². The van der Waals surface area contributed by atoms with E-state index in [1.54, 1.807) is 0 Å². The lowest BCUT2D eigenvalue weighted by atomic mass is 9.83. The average molecular weight is 248 g/mol. The van der Waals surface area contributed by atoms with Crippen molar-refractivity contribution < 1.29 is 9.47 Å². The summed E-state index contributed by atoms with van der Waals surface area (Å²) in [7, 11) is 0. The molecular weight excluding hydrogens is 224 g/mol. The minimum Gasteiger partial charge on any atom is -0.494 e. The van der Waals surface area contributed by atoms with Gasteiger partial charge in [-0.05, 0) is 31.9 Å². The molecule has 0 aliphatic carbocycles. The molecule has 0 atom stereocenters. The molecule has 0 saturated carbocycles. The van der Waals surface area contributed by atoms with E-state index in [0.717, 1.165) is 32.0 Å². The molecule has 1 aromatic rings. The third-order valence-electron chi connectivity index (χ3n) is 3.62. The fourth-order valence-electron chi connectivity index (χ4n) is 2.25. The quantitative estimate of drug-likeness (QED) is 0.680. The van der Waals surface area contributed by atoms with Crippen molar-refractivity contribution in [3.8, 4) is 5.75 Å². The Labute approximate surface area is 110 Å². The smallest absolute Gasteiger partial charge is 0.119 e. The van der Waals surface area contributed by atoms with Gasteiger partial charge in [0.1, 0.15) is 5.75 Å².